The molecule has 0 fully saturated rings. The van der Waals surface area contributed by atoms with Crippen LogP contribution >= 0.6 is 0 Å². The normalized spacial score (nSPS) is 16.3. The highest BCUT2D eigenvalue weighted by Crippen LogP contribution is 2.25. The summed E-state index contributed by atoms with van der Waals surface area (Å²) in [6, 6.07) is 15.1. The van der Waals surface area contributed by atoms with Gasteiger partial charge in [-0.05, 0) is 28.6 Å². The van der Waals surface area contributed by atoms with E-state index in [9.17, 15) is 19.5 Å². The molecule has 1 aliphatic rings. The van der Waals surface area contributed by atoms with Gasteiger partial charge >= 0.3 is 5.97 Å². The number of carboxylic acids is 1. The molecule has 0 bridgehead atoms. The third kappa shape index (κ3) is 2.65. The van der Waals surface area contributed by atoms with E-state index in [0.717, 1.165) is 11.1 Å². The van der Waals surface area contributed by atoms with E-state index in [0.29, 0.717) is 10.8 Å². The molecule has 6 heteroatoms. The molecule has 0 aliphatic carbocycles. The second-order valence-electron chi connectivity index (χ2n) is 6.36. The molecule has 26 heavy (non-hydrogen) atoms. The zero-order valence-electron chi connectivity index (χ0n) is 13.8. The second kappa shape index (κ2) is 6.15. The molecule has 2 heterocycles. The molecule has 6 nitrogen and oxygen atoms in total. The number of aliphatic carboxylic acids is 1. The van der Waals surface area contributed by atoms with Gasteiger partial charge in [-0.25, -0.2) is 4.79 Å². The number of aromatic amines is 1. The summed E-state index contributed by atoms with van der Waals surface area (Å²) in [5.74, 6) is -1.55. The van der Waals surface area contributed by atoms with E-state index < -0.39 is 17.9 Å². The highest BCUT2D eigenvalue weighted by atomic mass is 16.4. The molecule has 1 atom stereocenters. The number of nitrogens with one attached hydrogen (secondary N) is 1. The van der Waals surface area contributed by atoms with Crippen LogP contribution in [0.2, 0.25) is 0 Å². The Hall–Kier alpha value is -3.41. The molecule has 0 saturated heterocycles. The molecule has 3 aromatic rings. The maximum atomic E-state index is 13.0. The predicted molar refractivity (Wildman–Crippen MR) is 96.0 cm³/mol. The number of nitrogens with zero attached hydrogens (tertiary/aromatic N) is 1. The van der Waals surface area contributed by atoms with Gasteiger partial charge in [-0.2, -0.15) is 0 Å². The van der Waals surface area contributed by atoms with Crippen molar-refractivity contribution in [2.45, 2.75) is 19.0 Å². The number of aromatic nitrogens is 1. The minimum Gasteiger partial charge on any atom is -0.480 e. The molecular weight excluding hydrogens is 332 g/mol. The monoisotopic (exact) mass is 348 g/mol. The Labute approximate surface area is 148 Å². The summed E-state index contributed by atoms with van der Waals surface area (Å²) in [7, 11) is 0. The first-order chi connectivity index (χ1) is 12.5. The van der Waals surface area contributed by atoms with E-state index in [4.69, 9.17) is 0 Å². The van der Waals surface area contributed by atoms with Crippen LogP contribution in [0, 0.1) is 0 Å². The highest BCUT2D eigenvalue weighted by Gasteiger charge is 2.35. The van der Waals surface area contributed by atoms with E-state index in [1.807, 2.05) is 24.3 Å². The van der Waals surface area contributed by atoms with E-state index in [1.165, 1.54) is 4.90 Å². The Morgan fingerprint density at radius 2 is 1.73 bits per heavy atom. The van der Waals surface area contributed by atoms with Gasteiger partial charge in [0.2, 0.25) is 0 Å². The Morgan fingerprint density at radius 3 is 2.50 bits per heavy atom. The van der Waals surface area contributed by atoms with Crippen LogP contribution in [-0.2, 0) is 17.8 Å². The molecule has 2 N–H and O–H groups in total. The molecule has 0 radical (unpaired) electrons. The van der Waals surface area contributed by atoms with Gasteiger partial charge in [0.05, 0.1) is 0 Å². The number of rotatable bonds is 2. The smallest absolute Gasteiger partial charge is 0.326 e. The van der Waals surface area contributed by atoms with E-state index >= 15 is 0 Å². The van der Waals surface area contributed by atoms with Crippen molar-refractivity contribution >= 4 is 22.6 Å². The van der Waals surface area contributed by atoms with Gasteiger partial charge < -0.3 is 15.0 Å². The summed E-state index contributed by atoms with van der Waals surface area (Å²) in [5, 5.41) is 10.7. The number of carbonyl (C=O) groups is 2. The fourth-order valence-corrected chi connectivity index (χ4v) is 3.44. The number of hydrogen-bond acceptors (Lipinski definition) is 3. The number of carboxylic acid groups (broad SMARTS) is 1. The largest absolute Gasteiger partial charge is 0.480 e. The summed E-state index contributed by atoms with van der Waals surface area (Å²) in [5.41, 5.74) is 1.58. The summed E-state index contributed by atoms with van der Waals surface area (Å²) in [6.45, 7) is 0.195. The van der Waals surface area contributed by atoms with E-state index in [1.54, 1.807) is 30.3 Å². The number of carbonyl (C=O) groups excluding carboxylic acids is 1. The molecule has 1 aliphatic heterocycles. The molecular formula is C20H16N2O4. The molecule has 130 valence electrons. The zero-order chi connectivity index (χ0) is 18.3. The Kier molecular flexibility index (Phi) is 3.80. The molecule has 1 amide bonds. The fraction of sp³-hybridized carbons (Fsp3) is 0.150. The maximum absolute atomic E-state index is 13.0. The van der Waals surface area contributed by atoms with Crippen LogP contribution in [0.1, 0.15) is 21.6 Å². The molecule has 0 spiro atoms. The van der Waals surface area contributed by atoms with Crippen molar-refractivity contribution in [1.29, 1.82) is 0 Å². The van der Waals surface area contributed by atoms with Crippen LogP contribution in [0.5, 0.6) is 0 Å². The third-order valence-electron chi connectivity index (χ3n) is 4.78. The summed E-state index contributed by atoms with van der Waals surface area (Å²) < 4.78 is 0. The fourth-order valence-electron chi connectivity index (χ4n) is 3.44. The van der Waals surface area contributed by atoms with Gasteiger partial charge in [0, 0.05) is 18.4 Å². The standard InChI is InChI=1S/C20H16N2O4/c23-18-15-8-4-3-6-13(15)9-16(21-18)19(24)22-11-14-7-2-1-5-12(14)10-17(22)20(25)26/h1-9,17H,10-11H2,(H,21,23)(H,25,26)/t17-/m0/s1. The van der Waals surface area contributed by atoms with Gasteiger partial charge in [0.1, 0.15) is 11.7 Å². The first-order valence-corrected chi connectivity index (χ1v) is 8.27. The average Bonchev–Trinajstić information content (AvgIpc) is 2.66. The van der Waals surface area contributed by atoms with Gasteiger partial charge in [-0.15, -0.1) is 0 Å². The third-order valence-corrected chi connectivity index (χ3v) is 4.78. The van der Waals surface area contributed by atoms with Crippen LogP contribution in [-0.4, -0.2) is 32.9 Å². The van der Waals surface area contributed by atoms with E-state index in [2.05, 4.69) is 4.98 Å². The van der Waals surface area contributed by atoms with Crippen LogP contribution in [0.3, 0.4) is 0 Å². The topological polar surface area (TPSA) is 90.5 Å². The van der Waals surface area contributed by atoms with Gasteiger partial charge in [-0.3, -0.25) is 9.59 Å². The van der Waals surface area contributed by atoms with Crippen molar-refractivity contribution in [3.8, 4) is 0 Å². The Morgan fingerprint density at radius 1 is 1.04 bits per heavy atom. The maximum Gasteiger partial charge on any atom is 0.326 e. The van der Waals surface area contributed by atoms with Crippen molar-refractivity contribution in [3.63, 3.8) is 0 Å². The lowest BCUT2D eigenvalue weighted by Crippen LogP contribution is -2.49. The molecule has 1 aromatic heterocycles. The van der Waals surface area contributed by atoms with Crippen molar-refractivity contribution in [2.75, 3.05) is 0 Å². The van der Waals surface area contributed by atoms with Crippen LogP contribution in [0.25, 0.3) is 10.8 Å². The van der Waals surface area contributed by atoms with Gasteiger partial charge in [0.25, 0.3) is 11.5 Å². The minimum atomic E-state index is -1.06. The molecule has 2 aromatic carbocycles. The first kappa shape index (κ1) is 16.1. The second-order valence-corrected chi connectivity index (χ2v) is 6.36. The number of benzene rings is 2. The summed E-state index contributed by atoms with van der Waals surface area (Å²) in [6.07, 6.45) is 0.245. The lowest BCUT2D eigenvalue weighted by atomic mass is 9.93. The lowest BCUT2D eigenvalue weighted by molar-refractivity contribution is -0.142. The zero-order valence-corrected chi connectivity index (χ0v) is 13.8. The SMILES string of the molecule is O=C(O)[C@@H]1Cc2ccccc2CN1C(=O)c1cc2ccccc2c(=O)[nH]1. The predicted octanol–water partition coefficient (Wildman–Crippen LogP) is 2.18. The lowest BCUT2D eigenvalue weighted by Gasteiger charge is -2.34. The summed E-state index contributed by atoms with van der Waals surface area (Å²) in [4.78, 5) is 40.9. The molecule has 0 saturated carbocycles. The van der Waals surface area contributed by atoms with Crippen molar-refractivity contribution in [2.24, 2.45) is 0 Å². The first-order valence-electron chi connectivity index (χ1n) is 8.27. The number of hydrogen-bond donors (Lipinski definition) is 2. The number of amides is 1. The summed E-state index contributed by atoms with van der Waals surface area (Å²) >= 11 is 0. The van der Waals surface area contributed by atoms with Crippen molar-refractivity contribution < 1.29 is 14.7 Å². The van der Waals surface area contributed by atoms with Crippen LogP contribution in [0.15, 0.2) is 59.4 Å². The van der Waals surface area contributed by atoms with E-state index in [-0.39, 0.29) is 24.2 Å². The Bertz CT molecular complexity index is 1090. The number of fused-ring (bicyclic) bond motifs is 2. The molecule has 4 rings (SSSR count). The van der Waals surface area contributed by atoms with Crippen LogP contribution in [0.4, 0.5) is 0 Å². The Balaban J connectivity index is 1.77. The van der Waals surface area contributed by atoms with Crippen LogP contribution < -0.4 is 5.56 Å². The van der Waals surface area contributed by atoms with Gasteiger partial charge in [0.15, 0.2) is 0 Å². The molecule has 0 unspecified atom stereocenters. The number of pyridine rings is 1. The average molecular weight is 348 g/mol. The quantitative estimate of drug-likeness (QED) is 0.743. The van der Waals surface area contributed by atoms with Crippen molar-refractivity contribution in [3.05, 3.63) is 81.8 Å². The van der Waals surface area contributed by atoms with Crippen molar-refractivity contribution in [1.82, 2.24) is 9.88 Å². The van der Waals surface area contributed by atoms with Gasteiger partial charge in [-0.1, -0.05) is 42.5 Å². The minimum absolute atomic E-state index is 0.0966. The number of H-pyrrole nitrogens is 1. The highest BCUT2D eigenvalue weighted by molar-refractivity contribution is 5.98.